The average Bonchev–Trinajstić information content (AvgIpc) is 2.21. The van der Waals surface area contributed by atoms with Gasteiger partial charge in [0.05, 0.1) is 6.61 Å². The Labute approximate surface area is 119 Å². The third kappa shape index (κ3) is 8.15. The summed E-state index contributed by atoms with van der Waals surface area (Å²) in [6, 6.07) is 0. The van der Waals surface area contributed by atoms with Gasteiger partial charge in [-0.15, -0.1) is 0 Å². The second kappa shape index (κ2) is 8.48. The Morgan fingerprint density at radius 2 is 1.65 bits per heavy atom. The predicted octanol–water partition coefficient (Wildman–Crippen LogP) is -6.89. The molecule has 9 nitrogen and oxygen atoms in total. The molecule has 0 heterocycles. The molecule has 0 radical (unpaired) electrons. The first-order valence-corrected chi connectivity index (χ1v) is 5.30. The van der Waals surface area contributed by atoms with Crippen LogP contribution in [0.5, 0.6) is 0 Å². The van der Waals surface area contributed by atoms with Gasteiger partial charge in [0.1, 0.15) is 24.4 Å². The second-order valence-electron chi connectivity index (χ2n) is 2.87. The first-order chi connectivity index (χ1) is 7.19. The molecule has 0 fully saturated rings. The molecule has 0 aromatic heterocycles. The first-order valence-electron chi connectivity index (χ1n) is 3.97. The number of carbonyl (C=O) groups excluding carboxylic acids is 1. The Bertz CT molecular complexity index is 317. The zero-order valence-electron chi connectivity index (χ0n) is 8.83. The molecule has 0 aliphatic rings. The van der Waals surface area contributed by atoms with Crippen molar-refractivity contribution in [2.45, 2.75) is 24.4 Å². The molecule has 96 valence electrons. The van der Waals surface area contributed by atoms with Crippen LogP contribution in [0.4, 0.5) is 0 Å². The van der Waals surface area contributed by atoms with Crippen molar-refractivity contribution in [3.63, 3.8) is 0 Å². The van der Waals surface area contributed by atoms with E-state index in [2.05, 4.69) is 4.18 Å². The van der Waals surface area contributed by atoms with Crippen LogP contribution < -0.4 is 29.6 Å². The topological polar surface area (TPSA) is 164 Å². The van der Waals surface area contributed by atoms with Crippen LogP contribution in [-0.2, 0) is 19.4 Å². The number of hydrogen-bond acceptors (Lipinski definition) is 9. The number of aldehydes is 1. The van der Waals surface area contributed by atoms with E-state index in [1.807, 2.05) is 0 Å². The van der Waals surface area contributed by atoms with E-state index in [9.17, 15) is 17.8 Å². The minimum Gasteiger partial charge on any atom is -0.726 e. The fourth-order valence-electron chi connectivity index (χ4n) is 0.762. The summed E-state index contributed by atoms with van der Waals surface area (Å²) in [5, 5.41) is 35.9. The number of hydrogen-bond donors (Lipinski definition) is 4. The number of aliphatic hydroxyl groups is 4. The van der Waals surface area contributed by atoms with Crippen molar-refractivity contribution in [1.29, 1.82) is 0 Å². The van der Waals surface area contributed by atoms with Crippen molar-refractivity contribution in [3.8, 4) is 0 Å². The molecule has 0 bridgehead atoms. The van der Waals surface area contributed by atoms with Gasteiger partial charge in [0.2, 0.25) is 10.4 Å². The molecule has 0 spiro atoms. The summed E-state index contributed by atoms with van der Waals surface area (Å²) in [5.74, 6) is 0. The van der Waals surface area contributed by atoms with Gasteiger partial charge in [-0.3, -0.25) is 4.18 Å². The summed E-state index contributed by atoms with van der Waals surface area (Å²) < 4.78 is 33.5. The van der Waals surface area contributed by atoms with E-state index in [1.54, 1.807) is 0 Å². The SMILES string of the molecule is O=C[C@H](O)[C@@H](O)[C@@H](O)[C@H](O)COS(=O)(=O)[O-].[Na+]. The molecule has 4 atom stereocenters. The van der Waals surface area contributed by atoms with E-state index < -0.39 is 41.4 Å². The first kappa shape index (κ1) is 19.7. The average molecular weight is 282 g/mol. The number of carbonyl (C=O) groups is 1. The monoisotopic (exact) mass is 282 g/mol. The van der Waals surface area contributed by atoms with Crippen LogP contribution in [-0.4, -0.2) is 70.7 Å². The van der Waals surface area contributed by atoms with Crippen LogP contribution in [0.1, 0.15) is 0 Å². The third-order valence-electron chi connectivity index (χ3n) is 1.62. The summed E-state index contributed by atoms with van der Waals surface area (Å²) in [7, 11) is -5.04. The Hall–Kier alpha value is 0.380. The van der Waals surface area contributed by atoms with Gasteiger partial charge in [-0.25, -0.2) is 8.42 Å². The summed E-state index contributed by atoms with van der Waals surface area (Å²) in [6.45, 7) is -1.10. The Balaban J connectivity index is 0. The van der Waals surface area contributed by atoms with Crippen LogP contribution in [0.3, 0.4) is 0 Å². The van der Waals surface area contributed by atoms with E-state index in [-0.39, 0.29) is 35.8 Å². The fraction of sp³-hybridized carbons (Fsp3) is 0.833. The number of rotatable bonds is 7. The van der Waals surface area contributed by atoms with Crippen molar-refractivity contribution in [2.75, 3.05) is 6.61 Å². The maximum atomic E-state index is 10.0. The Kier molecular flexibility index (Phi) is 9.83. The zero-order chi connectivity index (χ0) is 12.9. The van der Waals surface area contributed by atoms with Crippen molar-refractivity contribution >= 4 is 16.7 Å². The van der Waals surface area contributed by atoms with Gasteiger partial charge in [0, 0.05) is 0 Å². The molecule has 0 aliphatic heterocycles. The Morgan fingerprint density at radius 3 is 2.00 bits per heavy atom. The number of aliphatic hydroxyl groups excluding tert-OH is 4. The van der Waals surface area contributed by atoms with Crippen molar-refractivity contribution < 1.29 is 71.9 Å². The Morgan fingerprint density at radius 1 is 1.18 bits per heavy atom. The standard InChI is InChI=1S/C6H12O9S.Na/c7-1-3(8)5(10)6(11)4(9)2-15-16(12,13)14;/h1,3-6,8-11H,2H2,(H,12,13,14);/q;+1/p-1/t3-,4+,5+,6-;/m0./s1. The minimum absolute atomic E-state index is 0. The van der Waals surface area contributed by atoms with Gasteiger partial charge >= 0.3 is 29.6 Å². The summed E-state index contributed by atoms with van der Waals surface area (Å²) in [5.41, 5.74) is 0. The van der Waals surface area contributed by atoms with Gasteiger partial charge < -0.3 is 29.8 Å². The van der Waals surface area contributed by atoms with Crippen molar-refractivity contribution in [1.82, 2.24) is 0 Å². The van der Waals surface area contributed by atoms with Gasteiger partial charge in [-0.1, -0.05) is 0 Å². The van der Waals surface area contributed by atoms with E-state index in [0.717, 1.165) is 0 Å². The summed E-state index contributed by atoms with van der Waals surface area (Å²) in [6.07, 6.45) is -8.06. The molecule has 0 unspecified atom stereocenters. The largest absolute Gasteiger partial charge is 1.00 e. The van der Waals surface area contributed by atoms with E-state index in [0.29, 0.717) is 0 Å². The van der Waals surface area contributed by atoms with Crippen LogP contribution in [0.15, 0.2) is 0 Å². The second-order valence-corrected chi connectivity index (χ2v) is 3.92. The molecule has 0 aromatic rings. The molecular formula is C6H11NaO9S. The van der Waals surface area contributed by atoms with Crippen LogP contribution in [0, 0.1) is 0 Å². The van der Waals surface area contributed by atoms with Gasteiger partial charge in [0.15, 0.2) is 6.29 Å². The molecule has 0 saturated carbocycles. The molecular weight excluding hydrogens is 271 g/mol. The van der Waals surface area contributed by atoms with E-state index in [4.69, 9.17) is 20.4 Å². The maximum absolute atomic E-state index is 10.0. The maximum Gasteiger partial charge on any atom is 1.00 e. The molecule has 11 heteroatoms. The predicted molar refractivity (Wildman–Crippen MR) is 45.7 cm³/mol. The molecule has 0 amide bonds. The van der Waals surface area contributed by atoms with Crippen molar-refractivity contribution in [3.05, 3.63) is 0 Å². The van der Waals surface area contributed by atoms with Gasteiger partial charge in [0.25, 0.3) is 0 Å². The smallest absolute Gasteiger partial charge is 0.726 e. The normalized spacial score (nSPS) is 18.6. The molecule has 17 heavy (non-hydrogen) atoms. The van der Waals surface area contributed by atoms with Crippen molar-refractivity contribution in [2.24, 2.45) is 0 Å². The molecule has 0 aliphatic carbocycles. The molecule has 0 saturated heterocycles. The van der Waals surface area contributed by atoms with E-state index >= 15 is 0 Å². The summed E-state index contributed by atoms with van der Waals surface area (Å²) in [4.78, 5) is 10.0. The third-order valence-corrected chi connectivity index (χ3v) is 2.04. The zero-order valence-corrected chi connectivity index (χ0v) is 11.6. The van der Waals surface area contributed by atoms with Gasteiger partial charge in [-0.05, 0) is 0 Å². The van der Waals surface area contributed by atoms with E-state index in [1.165, 1.54) is 0 Å². The molecule has 0 aromatic carbocycles. The van der Waals surface area contributed by atoms with Crippen LogP contribution >= 0.6 is 0 Å². The van der Waals surface area contributed by atoms with Crippen LogP contribution in [0.2, 0.25) is 0 Å². The quantitative estimate of drug-likeness (QED) is 0.154. The molecule has 0 rings (SSSR count). The fourth-order valence-corrected chi connectivity index (χ4v) is 1.07. The summed E-state index contributed by atoms with van der Waals surface area (Å²) >= 11 is 0. The minimum atomic E-state index is -5.04. The van der Waals surface area contributed by atoms with Crippen LogP contribution in [0.25, 0.3) is 0 Å². The van der Waals surface area contributed by atoms with Gasteiger partial charge in [-0.2, -0.15) is 0 Å². The molecule has 4 N–H and O–H groups in total.